The normalized spacial score (nSPS) is 14.6. The monoisotopic (exact) mass is 420 g/mol. The number of nitrogens with zero attached hydrogens (tertiary/aromatic N) is 3. The van der Waals surface area contributed by atoms with Gasteiger partial charge < -0.3 is 14.6 Å². The molecule has 0 aliphatic carbocycles. The van der Waals surface area contributed by atoms with Crippen LogP contribution in [0.25, 0.3) is 11.0 Å². The van der Waals surface area contributed by atoms with Gasteiger partial charge >= 0.3 is 0 Å². The van der Waals surface area contributed by atoms with Gasteiger partial charge in [-0.25, -0.2) is 4.98 Å². The van der Waals surface area contributed by atoms with Gasteiger partial charge in [0.15, 0.2) is 6.61 Å². The summed E-state index contributed by atoms with van der Waals surface area (Å²) in [4.78, 5) is 19.8. The first-order valence-corrected chi connectivity index (χ1v) is 11.0. The number of hydrogen-bond acceptors (Lipinski definition) is 4. The van der Waals surface area contributed by atoms with E-state index < -0.39 is 0 Å². The van der Waals surface area contributed by atoms with Gasteiger partial charge in [-0.3, -0.25) is 9.69 Å². The van der Waals surface area contributed by atoms with E-state index >= 15 is 0 Å². The minimum atomic E-state index is -0.182. The van der Waals surface area contributed by atoms with Crippen molar-refractivity contribution in [3.05, 3.63) is 53.9 Å². The van der Waals surface area contributed by atoms with E-state index in [9.17, 15) is 4.79 Å². The minimum absolute atomic E-state index is 0.0336. The van der Waals surface area contributed by atoms with Crippen LogP contribution in [0.3, 0.4) is 0 Å². The third-order valence-electron chi connectivity index (χ3n) is 5.85. The lowest BCUT2D eigenvalue weighted by atomic mass is 9.86. The predicted octanol–water partition coefficient (Wildman–Crippen LogP) is 4.58. The number of aromatic nitrogens is 2. The van der Waals surface area contributed by atoms with Gasteiger partial charge in [-0.05, 0) is 49.1 Å². The number of rotatable bonds is 5. The Morgan fingerprint density at radius 3 is 2.68 bits per heavy atom. The number of ether oxygens (including phenoxy) is 1. The van der Waals surface area contributed by atoms with Crippen LogP contribution in [0.1, 0.15) is 46.0 Å². The van der Waals surface area contributed by atoms with Crippen LogP contribution in [-0.4, -0.2) is 39.6 Å². The summed E-state index contributed by atoms with van der Waals surface area (Å²) in [5.41, 5.74) is 3.80. The Bertz CT molecular complexity index is 1090. The van der Waals surface area contributed by atoms with Crippen molar-refractivity contribution >= 4 is 22.6 Å². The second kappa shape index (κ2) is 8.35. The molecule has 2 heterocycles. The molecule has 3 aromatic rings. The minimum Gasteiger partial charge on any atom is -0.483 e. The smallest absolute Gasteiger partial charge is 0.262 e. The fourth-order valence-corrected chi connectivity index (χ4v) is 4.11. The largest absolute Gasteiger partial charge is 0.483 e. The van der Waals surface area contributed by atoms with Crippen molar-refractivity contribution in [2.75, 3.05) is 18.5 Å². The molecule has 1 aromatic heterocycles. The number of carbonyl (C=O) groups is 1. The Hall–Kier alpha value is -2.86. The summed E-state index contributed by atoms with van der Waals surface area (Å²) in [5.74, 6) is 1.65. The van der Waals surface area contributed by atoms with Crippen molar-refractivity contribution in [3.8, 4) is 5.75 Å². The number of para-hydroxylation sites is 1. The van der Waals surface area contributed by atoms with Crippen LogP contribution < -0.4 is 10.1 Å². The first-order valence-electron chi connectivity index (χ1n) is 11.0. The van der Waals surface area contributed by atoms with Crippen LogP contribution in [0, 0.1) is 0 Å². The molecule has 1 aliphatic rings. The van der Waals surface area contributed by atoms with Gasteiger partial charge in [0.25, 0.3) is 5.91 Å². The van der Waals surface area contributed by atoms with Crippen LogP contribution in [0.2, 0.25) is 0 Å². The van der Waals surface area contributed by atoms with Crippen LogP contribution in [0.4, 0.5) is 5.69 Å². The third kappa shape index (κ3) is 4.59. The number of carbonyl (C=O) groups excluding carboxylic acids is 1. The molecule has 0 bridgehead atoms. The van der Waals surface area contributed by atoms with Gasteiger partial charge in [0.2, 0.25) is 0 Å². The zero-order chi connectivity index (χ0) is 22.2. The van der Waals surface area contributed by atoms with E-state index in [4.69, 9.17) is 9.72 Å². The summed E-state index contributed by atoms with van der Waals surface area (Å²) in [6, 6.07) is 14.3. The molecule has 164 valence electrons. The van der Waals surface area contributed by atoms with Gasteiger partial charge in [-0.15, -0.1) is 0 Å². The molecule has 0 atom stereocenters. The van der Waals surface area contributed by atoms with Crippen molar-refractivity contribution < 1.29 is 9.53 Å². The van der Waals surface area contributed by atoms with Crippen molar-refractivity contribution in [1.82, 2.24) is 14.5 Å². The first kappa shape index (κ1) is 21.4. The molecule has 0 spiro atoms. The van der Waals surface area contributed by atoms with E-state index in [0.717, 1.165) is 53.5 Å². The number of imidazole rings is 1. The molecule has 0 saturated heterocycles. The summed E-state index contributed by atoms with van der Waals surface area (Å²) >= 11 is 0. The Morgan fingerprint density at radius 1 is 1.16 bits per heavy atom. The number of fused-ring (bicyclic) bond motifs is 3. The van der Waals surface area contributed by atoms with E-state index in [1.165, 1.54) is 0 Å². The number of nitrogens with one attached hydrogen (secondary N) is 1. The standard InChI is InChI=1S/C25H32N4O2/c1-17(2)28-12-13-29-21-11-10-18(14-20(21)27-23(29)15-28)26-24(30)16-31-22-9-7-6-8-19(22)25(3,4)5/h6-11,14,17H,12-13,15-16H2,1-5H3,(H,26,30). The van der Waals surface area contributed by atoms with E-state index in [1.54, 1.807) is 0 Å². The second-order valence-corrected chi connectivity index (χ2v) is 9.53. The Balaban J connectivity index is 1.44. The maximum atomic E-state index is 12.5. The van der Waals surface area contributed by atoms with Gasteiger partial charge in [-0.2, -0.15) is 0 Å². The van der Waals surface area contributed by atoms with Crippen LogP contribution in [0.5, 0.6) is 5.75 Å². The number of benzene rings is 2. The molecule has 1 amide bonds. The van der Waals surface area contributed by atoms with Crippen LogP contribution in [-0.2, 0) is 23.3 Å². The van der Waals surface area contributed by atoms with Crippen molar-refractivity contribution in [2.24, 2.45) is 0 Å². The second-order valence-electron chi connectivity index (χ2n) is 9.53. The summed E-state index contributed by atoms with van der Waals surface area (Å²) in [7, 11) is 0. The summed E-state index contributed by atoms with van der Waals surface area (Å²) < 4.78 is 8.13. The zero-order valence-corrected chi connectivity index (χ0v) is 19.1. The SMILES string of the molecule is CC(C)N1CCn2c(nc3cc(NC(=O)COc4ccccc4C(C)(C)C)ccc32)C1. The van der Waals surface area contributed by atoms with Gasteiger partial charge in [0, 0.05) is 24.8 Å². The highest BCUT2D eigenvalue weighted by molar-refractivity contribution is 5.94. The highest BCUT2D eigenvalue weighted by Crippen LogP contribution is 2.31. The van der Waals surface area contributed by atoms with Gasteiger partial charge in [0.1, 0.15) is 11.6 Å². The van der Waals surface area contributed by atoms with E-state index in [2.05, 4.69) is 49.4 Å². The number of hydrogen-bond donors (Lipinski definition) is 1. The molecule has 6 nitrogen and oxygen atoms in total. The van der Waals surface area contributed by atoms with E-state index in [0.29, 0.717) is 6.04 Å². The molecule has 2 aromatic carbocycles. The van der Waals surface area contributed by atoms with Crippen LogP contribution in [0.15, 0.2) is 42.5 Å². The molecule has 6 heteroatoms. The summed E-state index contributed by atoms with van der Waals surface area (Å²) in [5, 5.41) is 2.95. The van der Waals surface area contributed by atoms with E-state index in [-0.39, 0.29) is 17.9 Å². The topological polar surface area (TPSA) is 59.4 Å². The molecule has 0 unspecified atom stereocenters. The maximum Gasteiger partial charge on any atom is 0.262 e. The molecule has 0 saturated carbocycles. The lowest BCUT2D eigenvalue weighted by Gasteiger charge is -2.30. The molecule has 1 aliphatic heterocycles. The zero-order valence-electron chi connectivity index (χ0n) is 19.1. The fourth-order valence-electron chi connectivity index (χ4n) is 4.11. The summed E-state index contributed by atoms with van der Waals surface area (Å²) in [6.07, 6.45) is 0. The van der Waals surface area contributed by atoms with Crippen molar-refractivity contribution in [3.63, 3.8) is 0 Å². The first-order chi connectivity index (χ1) is 14.7. The van der Waals surface area contributed by atoms with Crippen molar-refractivity contribution in [2.45, 2.75) is 59.2 Å². The Labute approximate surface area is 184 Å². The molecular weight excluding hydrogens is 388 g/mol. The lowest BCUT2D eigenvalue weighted by Crippen LogP contribution is -2.38. The average molecular weight is 421 g/mol. The predicted molar refractivity (Wildman–Crippen MR) is 125 cm³/mol. The highest BCUT2D eigenvalue weighted by atomic mass is 16.5. The molecular formula is C25H32N4O2. The lowest BCUT2D eigenvalue weighted by molar-refractivity contribution is -0.118. The number of amides is 1. The van der Waals surface area contributed by atoms with Crippen LogP contribution >= 0.6 is 0 Å². The number of anilines is 1. The molecule has 0 fully saturated rings. The molecule has 1 N–H and O–H groups in total. The molecule has 31 heavy (non-hydrogen) atoms. The fraction of sp³-hybridized carbons (Fsp3) is 0.440. The van der Waals surface area contributed by atoms with E-state index in [1.807, 2.05) is 42.5 Å². The molecule has 4 rings (SSSR count). The molecule has 0 radical (unpaired) electrons. The van der Waals surface area contributed by atoms with Gasteiger partial charge in [-0.1, -0.05) is 39.0 Å². The maximum absolute atomic E-state index is 12.5. The Kier molecular flexibility index (Phi) is 5.75. The van der Waals surface area contributed by atoms with Crippen molar-refractivity contribution in [1.29, 1.82) is 0 Å². The third-order valence-corrected chi connectivity index (χ3v) is 5.85. The highest BCUT2D eigenvalue weighted by Gasteiger charge is 2.22. The average Bonchev–Trinajstić information content (AvgIpc) is 3.08. The Morgan fingerprint density at radius 2 is 1.94 bits per heavy atom. The van der Waals surface area contributed by atoms with Gasteiger partial charge in [0.05, 0.1) is 17.6 Å². The summed E-state index contributed by atoms with van der Waals surface area (Å²) in [6.45, 7) is 13.6. The quantitative estimate of drug-likeness (QED) is 0.657.